The molecule has 0 saturated carbocycles. The Morgan fingerprint density at radius 1 is 1.62 bits per heavy atom. The lowest BCUT2D eigenvalue weighted by Gasteiger charge is -2.07. The van der Waals surface area contributed by atoms with E-state index >= 15 is 0 Å². The first-order chi connectivity index (χ1) is 6.33. The van der Waals surface area contributed by atoms with Gasteiger partial charge in [0.05, 0.1) is 6.54 Å². The van der Waals surface area contributed by atoms with Crippen molar-refractivity contribution in [1.29, 1.82) is 0 Å². The van der Waals surface area contributed by atoms with Crippen LogP contribution in [0.25, 0.3) is 0 Å². The van der Waals surface area contributed by atoms with E-state index in [-0.39, 0.29) is 0 Å². The molecule has 0 spiro atoms. The van der Waals surface area contributed by atoms with Gasteiger partial charge in [0.1, 0.15) is 12.0 Å². The second kappa shape index (κ2) is 5.53. The van der Waals surface area contributed by atoms with Crippen molar-refractivity contribution >= 4 is 17.3 Å². The van der Waals surface area contributed by atoms with Crippen molar-refractivity contribution in [2.75, 3.05) is 6.54 Å². The summed E-state index contributed by atoms with van der Waals surface area (Å²) in [5.41, 5.74) is 0.848. The van der Waals surface area contributed by atoms with Crippen molar-refractivity contribution in [3.05, 3.63) is 18.0 Å². The quantitative estimate of drug-likeness (QED) is 0.710. The van der Waals surface area contributed by atoms with Crippen molar-refractivity contribution in [1.82, 2.24) is 15.8 Å². The van der Waals surface area contributed by atoms with Crippen LogP contribution in [0.4, 0.5) is 0 Å². The average molecular weight is 199 g/mol. The summed E-state index contributed by atoms with van der Waals surface area (Å²) >= 11 is 5.01. The van der Waals surface area contributed by atoms with Gasteiger partial charge in [-0.15, -0.1) is 0 Å². The Morgan fingerprint density at radius 3 is 3.08 bits per heavy atom. The van der Waals surface area contributed by atoms with Gasteiger partial charge in [-0.25, -0.2) is 0 Å². The number of hydrogen-bond acceptors (Lipinski definition) is 3. The molecule has 13 heavy (non-hydrogen) atoms. The van der Waals surface area contributed by atoms with E-state index in [2.05, 4.69) is 27.2 Å². The van der Waals surface area contributed by atoms with Crippen LogP contribution >= 0.6 is 12.2 Å². The van der Waals surface area contributed by atoms with Crippen LogP contribution < -0.4 is 10.6 Å². The molecule has 0 amide bonds. The molecule has 0 fully saturated rings. The summed E-state index contributed by atoms with van der Waals surface area (Å²) in [6.45, 7) is 3.59. The molecule has 2 N–H and O–H groups in total. The fourth-order valence-corrected chi connectivity index (χ4v) is 0.975. The highest BCUT2D eigenvalue weighted by Gasteiger charge is 1.97. The fourth-order valence-electron chi connectivity index (χ4n) is 0.801. The molecule has 0 aliphatic heterocycles. The molecule has 0 atom stereocenters. The molecule has 1 aromatic rings. The van der Waals surface area contributed by atoms with Gasteiger partial charge in [0.25, 0.3) is 0 Å². The van der Waals surface area contributed by atoms with E-state index in [0.29, 0.717) is 11.7 Å². The van der Waals surface area contributed by atoms with Crippen LogP contribution in [0, 0.1) is 0 Å². The van der Waals surface area contributed by atoms with E-state index in [1.807, 2.05) is 0 Å². The van der Waals surface area contributed by atoms with Gasteiger partial charge < -0.3 is 15.2 Å². The molecule has 72 valence electrons. The molecular weight excluding hydrogens is 186 g/mol. The van der Waals surface area contributed by atoms with E-state index in [9.17, 15) is 0 Å². The topological polar surface area (TPSA) is 50.1 Å². The lowest BCUT2D eigenvalue weighted by atomic mass is 10.4. The molecule has 1 aromatic heterocycles. The lowest BCUT2D eigenvalue weighted by molar-refractivity contribution is 0.411. The molecule has 0 radical (unpaired) electrons. The summed E-state index contributed by atoms with van der Waals surface area (Å²) in [6.07, 6.45) is 2.60. The van der Waals surface area contributed by atoms with Gasteiger partial charge in [0, 0.05) is 12.6 Å². The number of nitrogens with zero attached hydrogens (tertiary/aromatic N) is 1. The standard InChI is InChI=1S/C8H13N3OS/c1-2-4-9-8(13)10-6-7-3-5-12-11-7/h3,5H,2,4,6H2,1H3,(H2,9,10,13). The van der Waals surface area contributed by atoms with Crippen molar-refractivity contribution in [2.45, 2.75) is 19.9 Å². The Kier molecular flexibility index (Phi) is 4.25. The second-order valence-corrected chi connectivity index (χ2v) is 3.01. The summed E-state index contributed by atoms with van der Waals surface area (Å²) < 4.78 is 4.67. The van der Waals surface area contributed by atoms with Gasteiger partial charge in [-0.1, -0.05) is 12.1 Å². The predicted molar refractivity (Wildman–Crippen MR) is 54.2 cm³/mol. The fraction of sp³-hybridized carbons (Fsp3) is 0.500. The number of nitrogens with one attached hydrogen (secondary N) is 2. The summed E-state index contributed by atoms with van der Waals surface area (Å²) in [4.78, 5) is 0. The maximum Gasteiger partial charge on any atom is 0.166 e. The Balaban J connectivity index is 2.15. The van der Waals surface area contributed by atoms with Gasteiger partial charge in [0.15, 0.2) is 5.11 Å². The van der Waals surface area contributed by atoms with Gasteiger partial charge in [-0.2, -0.15) is 0 Å². The van der Waals surface area contributed by atoms with Gasteiger partial charge >= 0.3 is 0 Å². The predicted octanol–water partition coefficient (Wildman–Crippen LogP) is 1.05. The van der Waals surface area contributed by atoms with Crippen LogP contribution in [0.2, 0.25) is 0 Å². The highest BCUT2D eigenvalue weighted by atomic mass is 32.1. The van der Waals surface area contributed by atoms with Gasteiger partial charge in [0.2, 0.25) is 0 Å². The number of aromatic nitrogens is 1. The van der Waals surface area contributed by atoms with E-state index in [4.69, 9.17) is 12.2 Å². The van der Waals surface area contributed by atoms with Crippen molar-refractivity contribution in [2.24, 2.45) is 0 Å². The Morgan fingerprint density at radius 2 is 2.46 bits per heavy atom. The smallest absolute Gasteiger partial charge is 0.166 e. The summed E-state index contributed by atoms with van der Waals surface area (Å²) in [7, 11) is 0. The molecule has 0 aliphatic rings. The first kappa shape index (κ1) is 9.98. The van der Waals surface area contributed by atoms with Crippen LogP contribution in [0.1, 0.15) is 19.0 Å². The largest absolute Gasteiger partial charge is 0.364 e. The van der Waals surface area contributed by atoms with Crippen molar-refractivity contribution < 1.29 is 4.52 Å². The minimum Gasteiger partial charge on any atom is -0.364 e. The highest BCUT2D eigenvalue weighted by Crippen LogP contribution is 1.92. The zero-order valence-corrected chi connectivity index (χ0v) is 8.36. The third kappa shape index (κ3) is 3.89. The zero-order valence-electron chi connectivity index (χ0n) is 7.54. The SMILES string of the molecule is CCCNC(=S)NCc1ccon1. The van der Waals surface area contributed by atoms with E-state index in [0.717, 1.165) is 18.7 Å². The molecule has 0 aliphatic carbocycles. The van der Waals surface area contributed by atoms with Crippen LogP contribution in [-0.4, -0.2) is 16.8 Å². The molecule has 1 heterocycles. The monoisotopic (exact) mass is 199 g/mol. The summed E-state index contributed by atoms with van der Waals surface area (Å²) in [5.74, 6) is 0. The number of rotatable bonds is 4. The molecular formula is C8H13N3OS. The van der Waals surface area contributed by atoms with E-state index in [1.54, 1.807) is 12.3 Å². The lowest BCUT2D eigenvalue weighted by Crippen LogP contribution is -2.35. The average Bonchev–Trinajstić information content (AvgIpc) is 2.64. The van der Waals surface area contributed by atoms with E-state index < -0.39 is 0 Å². The third-order valence-corrected chi connectivity index (χ3v) is 1.75. The van der Waals surface area contributed by atoms with Crippen LogP contribution in [0.5, 0.6) is 0 Å². The van der Waals surface area contributed by atoms with Crippen molar-refractivity contribution in [3.8, 4) is 0 Å². The molecule has 0 saturated heterocycles. The molecule has 5 heteroatoms. The maximum atomic E-state index is 5.01. The van der Waals surface area contributed by atoms with Crippen molar-refractivity contribution in [3.63, 3.8) is 0 Å². The van der Waals surface area contributed by atoms with Gasteiger partial charge in [-0.3, -0.25) is 0 Å². The molecule has 0 unspecified atom stereocenters. The molecule has 0 aromatic carbocycles. The molecule has 4 nitrogen and oxygen atoms in total. The number of thiocarbonyl (C=S) groups is 1. The van der Waals surface area contributed by atoms with Crippen LogP contribution in [0.3, 0.4) is 0 Å². The van der Waals surface area contributed by atoms with Gasteiger partial charge in [-0.05, 0) is 18.6 Å². The van der Waals surface area contributed by atoms with Crippen LogP contribution in [0.15, 0.2) is 16.9 Å². The Labute approximate surface area is 82.7 Å². The highest BCUT2D eigenvalue weighted by molar-refractivity contribution is 7.80. The minimum atomic E-state index is 0.603. The number of hydrogen-bond donors (Lipinski definition) is 2. The summed E-state index contributed by atoms with van der Waals surface area (Å²) in [6, 6.07) is 1.80. The third-order valence-electron chi connectivity index (χ3n) is 1.46. The minimum absolute atomic E-state index is 0.603. The zero-order chi connectivity index (χ0) is 9.52. The van der Waals surface area contributed by atoms with E-state index in [1.165, 1.54) is 0 Å². The Hall–Kier alpha value is -1.10. The second-order valence-electron chi connectivity index (χ2n) is 2.60. The normalized spacial score (nSPS) is 9.62. The Bertz CT molecular complexity index is 248. The van der Waals surface area contributed by atoms with Crippen LogP contribution in [-0.2, 0) is 6.54 Å². The molecule has 1 rings (SSSR count). The molecule has 0 bridgehead atoms. The first-order valence-corrected chi connectivity index (χ1v) is 4.64. The maximum absolute atomic E-state index is 5.01. The first-order valence-electron chi connectivity index (χ1n) is 4.24. The summed E-state index contributed by atoms with van der Waals surface area (Å²) in [5, 5.41) is 10.5.